The smallest absolute Gasteiger partial charge is 0.265 e. The standard InChI is InChI=1S/C10H10N4O4/c15-7-3-13-5(1-11-7)9(17)14-4-8(16)12-2-6(14)10(13)18/h1,5-6H,2-4H2,(H,12,16). The van der Waals surface area contributed by atoms with Gasteiger partial charge in [-0.25, -0.2) is 4.99 Å². The van der Waals surface area contributed by atoms with Gasteiger partial charge < -0.3 is 15.1 Å². The average Bonchev–Trinajstić information content (AvgIpc) is 2.36. The third-order valence-corrected chi connectivity index (χ3v) is 3.29. The normalized spacial score (nSPS) is 31.1. The quantitative estimate of drug-likeness (QED) is 0.499. The number of carbonyl (C=O) groups is 4. The lowest BCUT2D eigenvalue weighted by Crippen LogP contribution is -2.72. The van der Waals surface area contributed by atoms with Gasteiger partial charge in [-0.1, -0.05) is 0 Å². The van der Waals surface area contributed by atoms with E-state index in [0.717, 1.165) is 0 Å². The molecule has 0 aromatic carbocycles. The number of hydrogen-bond donors (Lipinski definition) is 1. The van der Waals surface area contributed by atoms with E-state index in [-0.39, 0.29) is 37.4 Å². The number of hydrogen-bond acceptors (Lipinski definition) is 4. The summed E-state index contributed by atoms with van der Waals surface area (Å²) in [5.41, 5.74) is 0. The van der Waals surface area contributed by atoms with Crippen molar-refractivity contribution >= 4 is 29.8 Å². The molecule has 0 aromatic rings. The average molecular weight is 250 g/mol. The van der Waals surface area contributed by atoms with E-state index < -0.39 is 18.0 Å². The first-order valence-corrected chi connectivity index (χ1v) is 5.52. The molecule has 0 spiro atoms. The van der Waals surface area contributed by atoms with E-state index in [1.807, 2.05) is 0 Å². The van der Waals surface area contributed by atoms with Gasteiger partial charge in [0, 0.05) is 12.8 Å². The lowest BCUT2D eigenvalue weighted by atomic mass is 10.0. The molecule has 3 aliphatic heterocycles. The Morgan fingerprint density at radius 2 is 1.89 bits per heavy atom. The van der Waals surface area contributed by atoms with Crippen LogP contribution in [0.2, 0.25) is 0 Å². The minimum atomic E-state index is -0.850. The van der Waals surface area contributed by atoms with Crippen LogP contribution in [0.1, 0.15) is 0 Å². The number of nitrogens with zero attached hydrogens (tertiary/aromatic N) is 3. The number of rotatable bonds is 0. The van der Waals surface area contributed by atoms with Crippen molar-refractivity contribution in [1.29, 1.82) is 0 Å². The number of aliphatic imine (C=N–C) groups is 1. The molecular formula is C10H10N4O4. The highest BCUT2D eigenvalue weighted by atomic mass is 16.2. The van der Waals surface area contributed by atoms with Gasteiger partial charge in [0.25, 0.3) is 11.8 Å². The molecule has 4 amide bonds. The molecule has 0 radical (unpaired) electrons. The topological polar surface area (TPSA) is 99.1 Å². The van der Waals surface area contributed by atoms with Crippen molar-refractivity contribution < 1.29 is 19.2 Å². The minimum absolute atomic E-state index is 0.0952. The Hall–Kier alpha value is -2.25. The van der Waals surface area contributed by atoms with E-state index in [2.05, 4.69) is 10.3 Å². The van der Waals surface area contributed by atoms with Crippen molar-refractivity contribution in [2.45, 2.75) is 12.1 Å². The van der Waals surface area contributed by atoms with Crippen LogP contribution in [0.4, 0.5) is 0 Å². The summed E-state index contributed by atoms with van der Waals surface area (Å²) in [4.78, 5) is 52.8. The monoisotopic (exact) mass is 250 g/mol. The van der Waals surface area contributed by atoms with E-state index in [1.165, 1.54) is 16.0 Å². The van der Waals surface area contributed by atoms with Crippen LogP contribution in [-0.4, -0.2) is 71.4 Å². The molecule has 18 heavy (non-hydrogen) atoms. The Morgan fingerprint density at radius 1 is 1.11 bits per heavy atom. The summed E-state index contributed by atoms with van der Waals surface area (Å²) in [6.07, 6.45) is 1.18. The van der Waals surface area contributed by atoms with Gasteiger partial charge in [0.2, 0.25) is 11.8 Å². The molecule has 2 unspecified atom stereocenters. The van der Waals surface area contributed by atoms with E-state index in [0.29, 0.717) is 0 Å². The number of fused-ring (bicyclic) bond motifs is 2. The van der Waals surface area contributed by atoms with E-state index >= 15 is 0 Å². The third-order valence-electron chi connectivity index (χ3n) is 3.29. The maximum Gasteiger partial charge on any atom is 0.265 e. The fourth-order valence-corrected chi connectivity index (χ4v) is 2.39. The Balaban J connectivity index is 1.96. The largest absolute Gasteiger partial charge is 0.352 e. The second-order valence-corrected chi connectivity index (χ2v) is 4.37. The van der Waals surface area contributed by atoms with E-state index in [9.17, 15) is 19.2 Å². The molecule has 0 saturated carbocycles. The van der Waals surface area contributed by atoms with Crippen molar-refractivity contribution in [2.75, 3.05) is 19.6 Å². The Morgan fingerprint density at radius 3 is 2.67 bits per heavy atom. The van der Waals surface area contributed by atoms with Crippen LogP contribution < -0.4 is 5.32 Å². The van der Waals surface area contributed by atoms with Crippen molar-refractivity contribution in [3.8, 4) is 0 Å². The van der Waals surface area contributed by atoms with Gasteiger partial charge in [-0.05, 0) is 0 Å². The molecule has 0 bridgehead atoms. The molecule has 94 valence electrons. The number of amides is 4. The summed E-state index contributed by atoms with van der Waals surface area (Å²) in [6.45, 7) is -0.205. The fourth-order valence-electron chi connectivity index (χ4n) is 2.39. The SMILES string of the molecule is O=C1CN2C(=O)C3CNC(=O)CN3C(=O)C2C=N1. The molecule has 2 saturated heterocycles. The summed E-state index contributed by atoms with van der Waals surface area (Å²) < 4.78 is 0. The van der Waals surface area contributed by atoms with Crippen LogP contribution in [0.5, 0.6) is 0 Å². The second-order valence-electron chi connectivity index (χ2n) is 4.37. The van der Waals surface area contributed by atoms with Crippen LogP contribution in [0.3, 0.4) is 0 Å². The summed E-state index contributed by atoms with van der Waals surface area (Å²) in [5.74, 6) is -1.41. The fraction of sp³-hybridized carbons (Fsp3) is 0.500. The molecule has 2 fully saturated rings. The first-order chi connectivity index (χ1) is 8.58. The highest BCUT2D eigenvalue weighted by Gasteiger charge is 2.49. The number of piperazine rings is 2. The summed E-state index contributed by atoms with van der Waals surface area (Å²) >= 11 is 0. The van der Waals surface area contributed by atoms with Gasteiger partial charge in [0.15, 0.2) is 0 Å². The lowest BCUT2D eigenvalue weighted by molar-refractivity contribution is -0.163. The molecule has 2 atom stereocenters. The molecule has 0 aromatic heterocycles. The maximum atomic E-state index is 12.2. The zero-order valence-corrected chi connectivity index (χ0v) is 9.33. The molecule has 1 N–H and O–H groups in total. The molecule has 8 nitrogen and oxygen atoms in total. The summed E-state index contributed by atoms with van der Waals surface area (Å²) in [6, 6.07) is -1.55. The third kappa shape index (κ3) is 1.41. The Labute approximate surface area is 102 Å². The van der Waals surface area contributed by atoms with Crippen molar-refractivity contribution in [3.05, 3.63) is 0 Å². The molecule has 3 heterocycles. The first-order valence-electron chi connectivity index (χ1n) is 5.52. The summed E-state index contributed by atoms with van der Waals surface area (Å²) in [7, 11) is 0. The highest BCUT2D eigenvalue weighted by Crippen LogP contribution is 2.20. The van der Waals surface area contributed by atoms with E-state index in [1.54, 1.807) is 0 Å². The van der Waals surface area contributed by atoms with Gasteiger partial charge in [-0.2, -0.15) is 0 Å². The van der Waals surface area contributed by atoms with E-state index in [4.69, 9.17) is 0 Å². The number of nitrogens with one attached hydrogen (secondary N) is 1. The highest BCUT2D eigenvalue weighted by molar-refractivity contribution is 6.12. The van der Waals surface area contributed by atoms with Crippen LogP contribution in [0, 0.1) is 0 Å². The molecule has 0 aliphatic carbocycles. The van der Waals surface area contributed by atoms with Gasteiger partial charge in [-0.15, -0.1) is 0 Å². The van der Waals surface area contributed by atoms with Gasteiger partial charge in [-0.3, -0.25) is 19.2 Å². The number of carbonyl (C=O) groups excluding carboxylic acids is 4. The van der Waals surface area contributed by atoms with Crippen LogP contribution >= 0.6 is 0 Å². The molecule has 3 aliphatic rings. The summed E-state index contributed by atoms with van der Waals surface area (Å²) in [5, 5.41) is 2.54. The van der Waals surface area contributed by atoms with Crippen molar-refractivity contribution in [1.82, 2.24) is 15.1 Å². The zero-order chi connectivity index (χ0) is 12.9. The van der Waals surface area contributed by atoms with Crippen LogP contribution in [0.25, 0.3) is 0 Å². The van der Waals surface area contributed by atoms with Gasteiger partial charge in [0.1, 0.15) is 25.2 Å². The van der Waals surface area contributed by atoms with Crippen LogP contribution in [-0.2, 0) is 19.2 Å². The van der Waals surface area contributed by atoms with Gasteiger partial charge in [0.05, 0.1) is 0 Å². The van der Waals surface area contributed by atoms with Crippen molar-refractivity contribution in [3.63, 3.8) is 0 Å². The minimum Gasteiger partial charge on any atom is -0.352 e. The van der Waals surface area contributed by atoms with Crippen LogP contribution in [0.15, 0.2) is 4.99 Å². The predicted molar refractivity (Wildman–Crippen MR) is 57.5 cm³/mol. The second kappa shape index (κ2) is 3.62. The maximum absolute atomic E-state index is 12.2. The lowest BCUT2D eigenvalue weighted by Gasteiger charge is -2.45. The Kier molecular flexibility index (Phi) is 2.19. The molecule has 3 rings (SSSR count). The first kappa shape index (κ1) is 10.9. The molecule has 8 heteroatoms. The van der Waals surface area contributed by atoms with Gasteiger partial charge >= 0.3 is 0 Å². The predicted octanol–water partition coefficient (Wildman–Crippen LogP) is -2.86. The molecular weight excluding hydrogens is 240 g/mol. The Bertz CT molecular complexity index is 500. The zero-order valence-electron chi connectivity index (χ0n) is 9.33. The van der Waals surface area contributed by atoms with Crippen molar-refractivity contribution in [2.24, 2.45) is 4.99 Å².